The SMILES string of the molecule is CC(C)(C)OC(=O)CCCNc1cccnc1[N+](=O)[O-]. The average Bonchev–Trinajstić information content (AvgIpc) is 2.33. The summed E-state index contributed by atoms with van der Waals surface area (Å²) in [5.74, 6) is -0.496. The quantitative estimate of drug-likeness (QED) is 0.372. The van der Waals surface area contributed by atoms with Crippen molar-refractivity contribution < 1.29 is 14.5 Å². The van der Waals surface area contributed by atoms with Crippen molar-refractivity contribution in [2.75, 3.05) is 11.9 Å². The Morgan fingerprint density at radius 2 is 2.20 bits per heavy atom. The predicted molar refractivity (Wildman–Crippen MR) is 74.5 cm³/mol. The molecule has 20 heavy (non-hydrogen) atoms. The number of rotatable bonds is 6. The van der Waals surface area contributed by atoms with E-state index in [1.807, 2.05) is 20.8 Å². The maximum atomic E-state index is 11.5. The van der Waals surface area contributed by atoms with Crippen molar-refractivity contribution in [2.45, 2.75) is 39.2 Å². The molecule has 1 N–H and O–H groups in total. The third-order valence-corrected chi connectivity index (χ3v) is 2.25. The Morgan fingerprint density at radius 1 is 1.50 bits per heavy atom. The largest absolute Gasteiger partial charge is 0.460 e. The van der Waals surface area contributed by atoms with Crippen LogP contribution in [0.4, 0.5) is 11.5 Å². The van der Waals surface area contributed by atoms with E-state index in [2.05, 4.69) is 10.3 Å². The Bertz CT molecular complexity index is 483. The molecule has 7 nitrogen and oxygen atoms in total. The summed E-state index contributed by atoms with van der Waals surface area (Å²) in [6, 6.07) is 3.20. The minimum Gasteiger partial charge on any atom is -0.460 e. The normalized spacial score (nSPS) is 10.9. The van der Waals surface area contributed by atoms with Crippen molar-refractivity contribution in [3.8, 4) is 0 Å². The Kier molecular flexibility index (Phi) is 5.42. The number of pyridine rings is 1. The number of carbonyl (C=O) groups is 1. The number of anilines is 1. The molecule has 0 radical (unpaired) electrons. The fourth-order valence-corrected chi connectivity index (χ4v) is 1.53. The zero-order valence-corrected chi connectivity index (χ0v) is 11.9. The van der Waals surface area contributed by atoms with E-state index < -0.39 is 10.5 Å². The van der Waals surface area contributed by atoms with E-state index in [1.54, 1.807) is 12.1 Å². The van der Waals surface area contributed by atoms with Gasteiger partial charge in [0.1, 0.15) is 17.5 Å². The standard InChI is InChI=1S/C13H19N3O4/c1-13(2,3)20-11(17)7-5-8-14-10-6-4-9-15-12(10)16(18)19/h4,6,9,14H,5,7-8H2,1-3H3. The van der Waals surface area contributed by atoms with Gasteiger partial charge in [-0.25, -0.2) is 0 Å². The second-order valence-corrected chi connectivity index (χ2v) is 5.25. The van der Waals surface area contributed by atoms with Crippen molar-refractivity contribution in [1.29, 1.82) is 0 Å². The minimum atomic E-state index is -0.545. The first kappa shape index (κ1) is 15.9. The Labute approximate surface area is 117 Å². The lowest BCUT2D eigenvalue weighted by Gasteiger charge is -2.19. The van der Waals surface area contributed by atoms with E-state index in [-0.39, 0.29) is 18.2 Å². The monoisotopic (exact) mass is 281 g/mol. The van der Waals surface area contributed by atoms with E-state index >= 15 is 0 Å². The average molecular weight is 281 g/mol. The number of ether oxygens (including phenoxy) is 1. The van der Waals surface area contributed by atoms with Crippen LogP contribution in [0.1, 0.15) is 33.6 Å². The minimum absolute atomic E-state index is 0.218. The smallest absolute Gasteiger partial charge is 0.386 e. The van der Waals surface area contributed by atoms with Gasteiger partial charge in [-0.3, -0.25) is 4.79 Å². The van der Waals surface area contributed by atoms with Gasteiger partial charge >= 0.3 is 11.8 Å². The number of nitro groups is 1. The molecule has 0 atom stereocenters. The molecule has 0 bridgehead atoms. The topological polar surface area (TPSA) is 94.4 Å². The van der Waals surface area contributed by atoms with Crippen LogP contribution >= 0.6 is 0 Å². The fourth-order valence-electron chi connectivity index (χ4n) is 1.53. The van der Waals surface area contributed by atoms with E-state index in [1.165, 1.54) is 6.20 Å². The van der Waals surface area contributed by atoms with Crippen LogP contribution in [0.5, 0.6) is 0 Å². The second kappa shape index (κ2) is 6.83. The molecule has 0 unspecified atom stereocenters. The van der Waals surface area contributed by atoms with Gasteiger partial charge in [0, 0.05) is 13.0 Å². The van der Waals surface area contributed by atoms with Gasteiger partial charge in [-0.05, 0) is 49.2 Å². The molecule has 110 valence electrons. The third-order valence-electron chi connectivity index (χ3n) is 2.25. The van der Waals surface area contributed by atoms with Crippen LogP contribution in [0, 0.1) is 10.1 Å². The number of carbonyl (C=O) groups excluding carboxylic acids is 1. The van der Waals surface area contributed by atoms with Gasteiger partial charge in [-0.1, -0.05) is 0 Å². The van der Waals surface area contributed by atoms with Crippen molar-refractivity contribution in [2.24, 2.45) is 0 Å². The highest BCUT2D eigenvalue weighted by Gasteiger charge is 2.16. The first-order chi connectivity index (χ1) is 9.29. The van der Waals surface area contributed by atoms with Gasteiger partial charge in [0.25, 0.3) is 0 Å². The molecule has 1 rings (SSSR count). The van der Waals surface area contributed by atoms with Crippen LogP contribution in [0.2, 0.25) is 0 Å². The Balaban J connectivity index is 2.39. The molecule has 0 aliphatic carbocycles. The van der Waals surface area contributed by atoms with Crippen molar-refractivity contribution in [3.05, 3.63) is 28.4 Å². The summed E-state index contributed by atoms with van der Waals surface area (Å²) in [6.07, 6.45) is 2.16. The summed E-state index contributed by atoms with van der Waals surface area (Å²) in [7, 11) is 0. The predicted octanol–water partition coefficient (Wildman–Crippen LogP) is 2.52. The Morgan fingerprint density at radius 3 is 2.80 bits per heavy atom. The molecule has 7 heteroatoms. The number of nitrogens with one attached hydrogen (secondary N) is 1. The summed E-state index contributed by atoms with van der Waals surface area (Å²) in [6.45, 7) is 5.86. The first-order valence-corrected chi connectivity index (χ1v) is 6.35. The summed E-state index contributed by atoms with van der Waals surface area (Å²) < 4.78 is 5.16. The number of hydrogen-bond donors (Lipinski definition) is 1. The van der Waals surface area contributed by atoms with Crippen molar-refractivity contribution in [1.82, 2.24) is 4.98 Å². The first-order valence-electron chi connectivity index (χ1n) is 6.35. The number of aromatic nitrogens is 1. The van der Waals surface area contributed by atoms with Crippen LogP contribution in [0.3, 0.4) is 0 Å². The Hall–Kier alpha value is -2.18. The van der Waals surface area contributed by atoms with Gasteiger partial charge in [0.15, 0.2) is 0 Å². The molecule has 0 amide bonds. The molecule has 1 aromatic rings. The third kappa shape index (κ3) is 5.64. The van der Waals surface area contributed by atoms with Gasteiger partial charge in [0.2, 0.25) is 0 Å². The molecule has 0 saturated heterocycles. The zero-order chi connectivity index (χ0) is 15.2. The molecule has 0 aliphatic heterocycles. The summed E-state index contributed by atoms with van der Waals surface area (Å²) in [5.41, 5.74) is -0.145. The van der Waals surface area contributed by atoms with Crippen LogP contribution in [-0.4, -0.2) is 28.0 Å². The molecular formula is C13H19N3O4. The van der Waals surface area contributed by atoms with Crippen molar-refractivity contribution in [3.63, 3.8) is 0 Å². The van der Waals surface area contributed by atoms with Gasteiger partial charge < -0.3 is 20.2 Å². The maximum Gasteiger partial charge on any atom is 0.386 e. The lowest BCUT2D eigenvalue weighted by Crippen LogP contribution is -2.24. The van der Waals surface area contributed by atoms with Gasteiger partial charge in [0.05, 0.1) is 0 Å². The molecule has 0 fully saturated rings. The number of hydrogen-bond acceptors (Lipinski definition) is 6. The van der Waals surface area contributed by atoms with E-state index in [9.17, 15) is 14.9 Å². The second-order valence-electron chi connectivity index (χ2n) is 5.25. The summed E-state index contributed by atoms with van der Waals surface area (Å²) >= 11 is 0. The highest BCUT2D eigenvalue weighted by Crippen LogP contribution is 2.19. The molecule has 0 saturated carbocycles. The fraction of sp³-hybridized carbons (Fsp3) is 0.538. The molecular weight excluding hydrogens is 262 g/mol. The summed E-state index contributed by atoms with van der Waals surface area (Å²) in [4.78, 5) is 25.4. The lowest BCUT2D eigenvalue weighted by molar-refractivity contribution is -0.388. The molecule has 0 aromatic carbocycles. The highest BCUT2D eigenvalue weighted by molar-refractivity contribution is 5.69. The molecule has 1 heterocycles. The van der Waals surface area contributed by atoms with Gasteiger partial charge in [-0.2, -0.15) is 0 Å². The van der Waals surface area contributed by atoms with Crippen LogP contribution in [0.15, 0.2) is 18.3 Å². The number of nitrogens with zero attached hydrogens (tertiary/aromatic N) is 2. The lowest BCUT2D eigenvalue weighted by atomic mass is 10.2. The maximum absolute atomic E-state index is 11.5. The van der Waals surface area contributed by atoms with Crippen LogP contribution in [0.25, 0.3) is 0 Å². The highest BCUT2D eigenvalue weighted by atomic mass is 16.6. The molecule has 0 aliphatic rings. The molecule has 1 aromatic heterocycles. The van der Waals surface area contributed by atoms with Gasteiger partial charge in [-0.15, -0.1) is 0 Å². The number of esters is 1. The van der Waals surface area contributed by atoms with Crippen LogP contribution < -0.4 is 5.32 Å². The van der Waals surface area contributed by atoms with E-state index in [0.717, 1.165) is 0 Å². The molecule has 0 spiro atoms. The van der Waals surface area contributed by atoms with Crippen molar-refractivity contribution >= 4 is 17.5 Å². The van der Waals surface area contributed by atoms with E-state index in [0.29, 0.717) is 18.7 Å². The zero-order valence-electron chi connectivity index (χ0n) is 11.9. The summed E-state index contributed by atoms with van der Waals surface area (Å²) in [5, 5.41) is 13.6. The van der Waals surface area contributed by atoms with E-state index in [4.69, 9.17) is 4.74 Å². The van der Waals surface area contributed by atoms with Crippen LogP contribution in [-0.2, 0) is 9.53 Å².